The van der Waals surface area contributed by atoms with Crippen molar-refractivity contribution in [1.82, 2.24) is 24.5 Å². The van der Waals surface area contributed by atoms with E-state index < -0.39 is 5.79 Å². The topological polar surface area (TPSA) is 101 Å². The Balaban J connectivity index is 1.22. The lowest BCUT2D eigenvalue weighted by atomic mass is 9.91. The lowest BCUT2D eigenvalue weighted by Crippen LogP contribution is -2.32. The number of hydrogen-bond acceptors (Lipinski definition) is 7. The van der Waals surface area contributed by atoms with Crippen LogP contribution in [0.15, 0.2) is 43.0 Å². The normalized spacial score (nSPS) is 31.1. The molecule has 174 valence electrons. The van der Waals surface area contributed by atoms with Gasteiger partial charge in [-0.25, -0.2) is 19.9 Å². The molecule has 0 bridgehead atoms. The molecule has 4 aromatic rings. The van der Waals surface area contributed by atoms with Crippen LogP contribution >= 0.6 is 0 Å². The number of nitrogens with two attached hydrogens (primary N) is 1. The number of rotatable bonds is 4. The molecule has 0 spiro atoms. The second-order valence-corrected chi connectivity index (χ2v) is 10.6. The van der Waals surface area contributed by atoms with Crippen LogP contribution in [-0.2, 0) is 15.9 Å². The van der Waals surface area contributed by atoms with Gasteiger partial charge in [0.2, 0.25) is 0 Å². The van der Waals surface area contributed by atoms with Gasteiger partial charge in [0.15, 0.2) is 5.79 Å². The fourth-order valence-electron chi connectivity index (χ4n) is 6.56. The van der Waals surface area contributed by atoms with E-state index in [1.807, 2.05) is 33.0 Å². The maximum Gasteiger partial charge on any atom is 0.163 e. The molecule has 2 saturated carbocycles. The molecular weight excluding hydrogens is 428 g/mol. The molecule has 1 saturated heterocycles. The van der Waals surface area contributed by atoms with Crippen molar-refractivity contribution in [3.8, 4) is 0 Å². The van der Waals surface area contributed by atoms with Gasteiger partial charge in [-0.15, -0.1) is 0 Å². The van der Waals surface area contributed by atoms with E-state index in [9.17, 15) is 0 Å². The summed E-state index contributed by atoms with van der Waals surface area (Å²) in [6, 6.07) is 8.72. The van der Waals surface area contributed by atoms with Crippen molar-refractivity contribution >= 4 is 27.8 Å². The van der Waals surface area contributed by atoms with Gasteiger partial charge in [0.1, 0.15) is 29.7 Å². The molecule has 0 amide bonds. The van der Waals surface area contributed by atoms with E-state index in [0.717, 1.165) is 47.0 Å². The highest BCUT2D eigenvalue weighted by atomic mass is 16.8. The number of ether oxygens (including phenoxy) is 2. The predicted octanol–water partition coefficient (Wildman–Crippen LogP) is 3.98. The van der Waals surface area contributed by atoms with Crippen molar-refractivity contribution < 1.29 is 9.47 Å². The molecule has 4 heterocycles. The van der Waals surface area contributed by atoms with Gasteiger partial charge in [-0.05, 0) is 63.6 Å². The van der Waals surface area contributed by atoms with E-state index in [4.69, 9.17) is 15.2 Å². The Morgan fingerprint density at radius 1 is 1.15 bits per heavy atom. The zero-order chi connectivity index (χ0) is 23.2. The summed E-state index contributed by atoms with van der Waals surface area (Å²) in [6.45, 7) is 5.97. The molecule has 34 heavy (non-hydrogen) atoms. The predicted molar refractivity (Wildman–Crippen MR) is 128 cm³/mol. The van der Waals surface area contributed by atoms with E-state index in [1.165, 1.54) is 5.56 Å². The lowest BCUT2D eigenvalue weighted by molar-refractivity contribution is -0.161. The van der Waals surface area contributed by atoms with Gasteiger partial charge in [-0.1, -0.05) is 12.1 Å². The number of fused-ring (bicyclic) bond motifs is 5. The van der Waals surface area contributed by atoms with Crippen LogP contribution in [0.3, 0.4) is 0 Å². The largest absolute Gasteiger partial charge is 0.383 e. The minimum Gasteiger partial charge on any atom is -0.383 e. The van der Waals surface area contributed by atoms with Gasteiger partial charge in [-0.3, -0.25) is 0 Å². The van der Waals surface area contributed by atoms with Gasteiger partial charge < -0.3 is 19.8 Å². The van der Waals surface area contributed by atoms with Crippen molar-refractivity contribution in [2.24, 2.45) is 11.3 Å². The molecule has 1 aromatic carbocycles. The van der Waals surface area contributed by atoms with Crippen LogP contribution in [0.5, 0.6) is 0 Å². The Hall–Kier alpha value is -3.10. The van der Waals surface area contributed by atoms with Crippen molar-refractivity contribution in [1.29, 1.82) is 0 Å². The number of benzene rings is 1. The summed E-state index contributed by atoms with van der Waals surface area (Å²) in [5.41, 5.74) is 9.41. The number of aryl methyl sites for hydroxylation is 2. The Labute approximate surface area is 197 Å². The Morgan fingerprint density at radius 2 is 2.03 bits per heavy atom. The van der Waals surface area contributed by atoms with Crippen molar-refractivity contribution in [2.75, 3.05) is 5.73 Å². The summed E-state index contributed by atoms with van der Waals surface area (Å²) < 4.78 is 15.3. The first kappa shape index (κ1) is 20.3. The Kier molecular flexibility index (Phi) is 4.02. The average molecular weight is 457 g/mol. The smallest absolute Gasteiger partial charge is 0.163 e. The molecule has 0 unspecified atom stereocenters. The molecule has 2 N–H and O–H groups in total. The first-order valence-electron chi connectivity index (χ1n) is 12.0. The first-order valence-corrected chi connectivity index (χ1v) is 12.0. The van der Waals surface area contributed by atoms with Gasteiger partial charge in [0.25, 0.3) is 0 Å². The highest BCUT2D eigenvalue weighted by molar-refractivity contribution is 5.86. The number of nitrogens with zero attached hydrogens (tertiary/aromatic N) is 5. The van der Waals surface area contributed by atoms with Gasteiger partial charge >= 0.3 is 0 Å². The second-order valence-electron chi connectivity index (χ2n) is 10.6. The third-order valence-electron chi connectivity index (χ3n) is 8.13. The molecule has 1 aliphatic heterocycles. The van der Waals surface area contributed by atoms with Crippen molar-refractivity contribution in [2.45, 2.75) is 64.1 Å². The molecule has 2 aliphatic carbocycles. The van der Waals surface area contributed by atoms with E-state index in [1.54, 1.807) is 6.33 Å². The van der Waals surface area contributed by atoms with E-state index in [2.05, 4.69) is 48.9 Å². The van der Waals surface area contributed by atoms with Crippen LogP contribution in [0.1, 0.15) is 44.1 Å². The fourth-order valence-corrected chi connectivity index (χ4v) is 6.56. The zero-order valence-electron chi connectivity index (χ0n) is 19.6. The highest BCUT2D eigenvalue weighted by Gasteiger charge is 2.75. The number of nitrogen functional groups attached to an aromatic ring is 1. The first-order chi connectivity index (χ1) is 16.3. The second kappa shape index (κ2) is 6.73. The molecule has 0 radical (unpaired) electrons. The SMILES string of the molecule is Cc1ncc2ccc(CC[C@]34C[C@@H]3[C@@H](n3ccc5c(N)ncnc53)[C@@H]3OC(C)(C)O[C@@H]34)cc2n1. The van der Waals surface area contributed by atoms with Crippen LogP contribution in [0.2, 0.25) is 0 Å². The molecule has 8 heteroatoms. The van der Waals surface area contributed by atoms with Crippen molar-refractivity contribution in [3.05, 3.63) is 54.4 Å². The summed E-state index contributed by atoms with van der Waals surface area (Å²) in [6.07, 6.45) is 8.76. The summed E-state index contributed by atoms with van der Waals surface area (Å²) in [4.78, 5) is 17.7. The highest BCUT2D eigenvalue weighted by Crippen LogP contribution is 2.73. The van der Waals surface area contributed by atoms with Crippen molar-refractivity contribution in [3.63, 3.8) is 0 Å². The molecular formula is C26H28N6O2. The zero-order valence-corrected chi connectivity index (χ0v) is 19.6. The maximum absolute atomic E-state index is 6.55. The van der Waals surface area contributed by atoms with Gasteiger partial charge in [0, 0.05) is 23.2 Å². The molecule has 7 rings (SSSR count). The number of aromatic nitrogens is 5. The summed E-state index contributed by atoms with van der Waals surface area (Å²) in [5, 5.41) is 1.97. The van der Waals surface area contributed by atoms with Crippen LogP contribution in [0.4, 0.5) is 5.82 Å². The number of hydrogen-bond donors (Lipinski definition) is 1. The van der Waals surface area contributed by atoms with E-state index in [-0.39, 0.29) is 23.7 Å². The third kappa shape index (κ3) is 2.85. The van der Waals surface area contributed by atoms with Gasteiger partial charge in [0.05, 0.1) is 23.0 Å². The molecule has 3 aromatic heterocycles. The maximum atomic E-state index is 6.55. The summed E-state index contributed by atoms with van der Waals surface area (Å²) in [5.74, 6) is 1.20. The molecule has 3 aliphatic rings. The Bertz CT molecular complexity index is 1450. The minimum absolute atomic E-state index is 0.00691. The van der Waals surface area contributed by atoms with E-state index >= 15 is 0 Å². The van der Waals surface area contributed by atoms with Crippen LogP contribution in [0.25, 0.3) is 21.9 Å². The van der Waals surface area contributed by atoms with Crippen LogP contribution in [-0.4, -0.2) is 42.5 Å². The average Bonchev–Trinajstić information content (AvgIpc) is 3.05. The monoisotopic (exact) mass is 456 g/mol. The lowest BCUT2D eigenvalue weighted by Gasteiger charge is -2.24. The molecule has 5 atom stereocenters. The molecule has 8 nitrogen and oxygen atoms in total. The molecule has 3 fully saturated rings. The Morgan fingerprint density at radius 3 is 2.91 bits per heavy atom. The summed E-state index contributed by atoms with van der Waals surface area (Å²) in [7, 11) is 0. The van der Waals surface area contributed by atoms with Crippen LogP contribution in [0, 0.1) is 18.3 Å². The third-order valence-corrected chi connectivity index (χ3v) is 8.13. The van der Waals surface area contributed by atoms with E-state index in [0.29, 0.717) is 11.7 Å². The number of anilines is 1. The quantitative estimate of drug-likeness (QED) is 0.496. The standard InChI is InChI=1S/C26H28N6O2/c1-14-28-12-16-5-4-15(10-19(16)31-14)6-8-26-11-18(26)20(21-22(26)34-25(2,3)33-21)32-9-7-17-23(27)29-13-30-24(17)32/h4-5,7,9-10,12-13,18,20-22H,6,8,11H2,1-3H3,(H2,27,29,30)/t18-,20-,21+,22+,26+/m1/s1. The van der Waals surface area contributed by atoms with Crippen LogP contribution < -0.4 is 5.73 Å². The minimum atomic E-state index is -0.595. The fraction of sp³-hybridized carbons (Fsp3) is 0.462. The van der Waals surface area contributed by atoms with Gasteiger partial charge in [-0.2, -0.15) is 0 Å². The summed E-state index contributed by atoms with van der Waals surface area (Å²) >= 11 is 0.